The molecular formula is C16H15N3O4. The molecule has 3 aromatic rings. The summed E-state index contributed by atoms with van der Waals surface area (Å²) >= 11 is 0. The van der Waals surface area contributed by atoms with Crippen LogP contribution in [0.3, 0.4) is 0 Å². The van der Waals surface area contributed by atoms with Crippen molar-refractivity contribution < 1.29 is 14.4 Å². The molecule has 0 saturated carbocycles. The van der Waals surface area contributed by atoms with Crippen molar-refractivity contribution >= 4 is 16.7 Å². The minimum absolute atomic E-state index is 0.0147. The number of nitro groups is 1. The number of fused-ring (bicyclic) bond motifs is 1. The number of nitrogens with zero attached hydrogens (tertiary/aromatic N) is 3. The molecule has 0 spiro atoms. The van der Waals surface area contributed by atoms with Gasteiger partial charge in [0.1, 0.15) is 18.3 Å². The van der Waals surface area contributed by atoms with Crippen LogP contribution in [0.25, 0.3) is 22.4 Å². The quantitative estimate of drug-likeness (QED) is 0.533. The minimum Gasteiger partial charge on any atom is -0.497 e. The largest absolute Gasteiger partial charge is 0.497 e. The van der Waals surface area contributed by atoms with E-state index in [-0.39, 0.29) is 5.69 Å². The Labute approximate surface area is 132 Å². The fourth-order valence-corrected chi connectivity index (χ4v) is 2.45. The van der Waals surface area contributed by atoms with Crippen molar-refractivity contribution in [3.05, 3.63) is 52.6 Å². The number of methoxy groups -OCH3 is 2. The van der Waals surface area contributed by atoms with Crippen LogP contribution >= 0.6 is 0 Å². The molecule has 0 amide bonds. The molecule has 0 aliphatic rings. The Kier molecular flexibility index (Phi) is 3.94. The summed E-state index contributed by atoms with van der Waals surface area (Å²) in [4.78, 5) is 15.0. The van der Waals surface area contributed by atoms with Gasteiger partial charge in [-0.2, -0.15) is 0 Å². The molecule has 7 nitrogen and oxygen atoms in total. The van der Waals surface area contributed by atoms with Crippen molar-refractivity contribution in [2.75, 3.05) is 14.2 Å². The summed E-state index contributed by atoms with van der Waals surface area (Å²) in [5.41, 5.74) is 2.23. The van der Waals surface area contributed by atoms with Gasteiger partial charge in [-0.25, -0.2) is 4.98 Å². The van der Waals surface area contributed by atoms with Gasteiger partial charge >= 0.3 is 0 Å². The summed E-state index contributed by atoms with van der Waals surface area (Å²) in [6, 6.07) is 12.1. The van der Waals surface area contributed by atoms with Crippen LogP contribution in [0.15, 0.2) is 42.5 Å². The maximum absolute atomic E-state index is 10.9. The van der Waals surface area contributed by atoms with E-state index in [2.05, 4.69) is 4.98 Å². The highest BCUT2D eigenvalue weighted by atomic mass is 16.6. The molecule has 0 bridgehead atoms. The van der Waals surface area contributed by atoms with E-state index in [1.165, 1.54) is 12.1 Å². The van der Waals surface area contributed by atoms with E-state index < -0.39 is 4.92 Å². The Morgan fingerprint density at radius 2 is 1.91 bits per heavy atom. The number of ether oxygens (including phenoxy) is 2. The topological polar surface area (TPSA) is 79.4 Å². The van der Waals surface area contributed by atoms with Crippen LogP contribution in [-0.2, 0) is 11.5 Å². The Morgan fingerprint density at radius 3 is 2.52 bits per heavy atom. The molecule has 0 unspecified atom stereocenters. The molecule has 0 saturated heterocycles. The molecule has 23 heavy (non-hydrogen) atoms. The van der Waals surface area contributed by atoms with Crippen molar-refractivity contribution in [3.63, 3.8) is 0 Å². The lowest BCUT2D eigenvalue weighted by molar-refractivity contribution is -0.384. The number of nitro benzene ring substituents is 1. The maximum atomic E-state index is 10.9. The molecular weight excluding hydrogens is 298 g/mol. The predicted molar refractivity (Wildman–Crippen MR) is 85.4 cm³/mol. The number of rotatable bonds is 5. The molecule has 0 atom stereocenters. The summed E-state index contributed by atoms with van der Waals surface area (Å²) in [5, 5.41) is 10.9. The summed E-state index contributed by atoms with van der Waals surface area (Å²) < 4.78 is 12.3. The zero-order valence-corrected chi connectivity index (χ0v) is 12.7. The molecule has 0 aliphatic carbocycles. The standard InChI is InChI=1S/C16H15N3O4/c1-22-10-18-15-8-5-12(19(20)21)9-14(15)17-16(18)11-3-6-13(23-2)7-4-11/h3-9H,10H2,1-2H3. The smallest absolute Gasteiger partial charge is 0.271 e. The van der Waals surface area contributed by atoms with Crippen LogP contribution in [0, 0.1) is 10.1 Å². The van der Waals surface area contributed by atoms with Crippen LogP contribution in [0.1, 0.15) is 0 Å². The molecule has 118 valence electrons. The monoisotopic (exact) mass is 313 g/mol. The first-order valence-corrected chi connectivity index (χ1v) is 6.92. The van der Waals surface area contributed by atoms with Crippen molar-refractivity contribution in [2.24, 2.45) is 0 Å². The van der Waals surface area contributed by atoms with Gasteiger partial charge in [-0.1, -0.05) is 0 Å². The van der Waals surface area contributed by atoms with Gasteiger partial charge in [-0.05, 0) is 30.3 Å². The lowest BCUT2D eigenvalue weighted by Crippen LogP contribution is -2.02. The van der Waals surface area contributed by atoms with E-state index in [1.807, 2.05) is 28.8 Å². The average Bonchev–Trinajstić information content (AvgIpc) is 2.93. The number of aromatic nitrogens is 2. The summed E-state index contributed by atoms with van der Waals surface area (Å²) in [6.07, 6.45) is 0. The Hall–Kier alpha value is -2.93. The normalized spacial score (nSPS) is 10.9. The van der Waals surface area contributed by atoms with Gasteiger partial charge in [-0.15, -0.1) is 0 Å². The van der Waals surface area contributed by atoms with Crippen LogP contribution in [0.2, 0.25) is 0 Å². The molecule has 7 heteroatoms. The van der Waals surface area contributed by atoms with Crippen LogP contribution < -0.4 is 4.74 Å². The van der Waals surface area contributed by atoms with E-state index >= 15 is 0 Å². The first kappa shape index (κ1) is 15.0. The number of non-ortho nitro benzene ring substituents is 1. The average molecular weight is 313 g/mol. The number of hydrogen-bond donors (Lipinski definition) is 0. The van der Waals surface area contributed by atoms with E-state index in [0.29, 0.717) is 18.1 Å². The number of imidazole rings is 1. The first-order valence-electron chi connectivity index (χ1n) is 6.92. The third-order valence-electron chi connectivity index (χ3n) is 3.55. The lowest BCUT2D eigenvalue weighted by Gasteiger charge is -2.08. The second kappa shape index (κ2) is 6.05. The van der Waals surface area contributed by atoms with Gasteiger partial charge in [0.15, 0.2) is 0 Å². The van der Waals surface area contributed by atoms with Crippen molar-refractivity contribution in [1.29, 1.82) is 0 Å². The maximum Gasteiger partial charge on any atom is 0.271 e. The van der Waals surface area contributed by atoms with Gasteiger partial charge in [0.05, 0.1) is 23.1 Å². The van der Waals surface area contributed by atoms with Gasteiger partial charge in [-0.3, -0.25) is 14.7 Å². The molecule has 0 N–H and O–H groups in total. The SMILES string of the molecule is COCn1c(-c2ccc(OC)cc2)nc2cc([N+](=O)[O-])ccc21. The number of hydrogen-bond acceptors (Lipinski definition) is 5. The highest BCUT2D eigenvalue weighted by Crippen LogP contribution is 2.28. The van der Waals surface area contributed by atoms with Gasteiger partial charge in [0.2, 0.25) is 0 Å². The van der Waals surface area contributed by atoms with Crippen LogP contribution in [0.4, 0.5) is 5.69 Å². The van der Waals surface area contributed by atoms with E-state index in [4.69, 9.17) is 9.47 Å². The molecule has 1 aromatic heterocycles. The van der Waals surface area contributed by atoms with Crippen molar-refractivity contribution in [1.82, 2.24) is 9.55 Å². The van der Waals surface area contributed by atoms with Gasteiger partial charge in [0, 0.05) is 24.8 Å². The Balaban J connectivity index is 2.17. The highest BCUT2D eigenvalue weighted by Gasteiger charge is 2.15. The lowest BCUT2D eigenvalue weighted by atomic mass is 10.2. The molecule has 0 aliphatic heterocycles. The number of benzene rings is 2. The third kappa shape index (κ3) is 2.74. The zero-order valence-electron chi connectivity index (χ0n) is 12.7. The molecule has 2 aromatic carbocycles. The second-order valence-electron chi connectivity index (χ2n) is 4.94. The van der Waals surface area contributed by atoms with Crippen molar-refractivity contribution in [2.45, 2.75) is 6.73 Å². The molecule has 1 heterocycles. The summed E-state index contributed by atoms with van der Waals surface area (Å²) in [6.45, 7) is 0.301. The summed E-state index contributed by atoms with van der Waals surface area (Å²) in [7, 11) is 3.20. The zero-order chi connectivity index (χ0) is 16.4. The Bertz CT molecular complexity index is 856. The molecule has 0 fully saturated rings. The highest BCUT2D eigenvalue weighted by molar-refractivity contribution is 5.82. The van der Waals surface area contributed by atoms with E-state index in [9.17, 15) is 10.1 Å². The third-order valence-corrected chi connectivity index (χ3v) is 3.55. The van der Waals surface area contributed by atoms with Crippen LogP contribution in [0.5, 0.6) is 5.75 Å². The molecule has 0 radical (unpaired) electrons. The van der Waals surface area contributed by atoms with Gasteiger partial charge in [0.25, 0.3) is 5.69 Å². The van der Waals surface area contributed by atoms with Gasteiger partial charge < -0.3 is 9.47 Å². The minimum atomic E-state index is -0.429. The first-order chi connectivity index (χ1) is 11.1. The van der Waals surface area contributed by atoms with E-state index in [0.717, 1.165) is 16.8 Å². The second-order valence-corrected chi connectivity index (χ2v) is 4.94. The van der Waals surface area contributed by atoms with E-state index in [1.54, 1.807) is 20.3 Å². The fraction of sp³-hybridized carbons (Fsp3) is 0.188. The summed E-state index contributed by atoms with van der Waals surface area (Å²) in [5.74, 6) is 1.43. The fourth-order valence-electron chi connectivity index (χ4n) is 2.45. The predicted octanol–water partition coefficient (Wildman–Crippen LogP) is 3.22. The van der Waals surface area contributed by atoms with Crippen LogP contribution in [-0.4, -0.2) is 28.7 Å². The molecule has 3 rings (SSSR count). The van der Waals surface area contributed by atoms with Crippen molar-refractivity contribution in [3.8, 4) is 17.1 Å². The Morgan fingerprint density at radius 1 is 1.17 bits per heavy atom.